The number of nitrogens with zero attached hydrogens (tertiary/aromatic N) is 2. The second-order valence-electron chi connectivity index (χ2n) is 3.93. The van der Waals surface area contributed by atoms with Gasteiger partial charge in [0.2, 0.25) is 0 Å². The normalized spacial score (nSPS) is 10.2. The summed E-state index contributed by atoms with van der Waals surface area (Å²) in [5.74, 6) is 0.547. The lowest BCUT2D eigenvalue weighted by molar-refractivity contribution is 0.0949. The number of carbonyl (C=O) groups is 1. The fourth-order valence-corrected chi connectivity index (χ4v) is 1.56. The van der Waals surface area contributed by atoms with Gasteiger partial charge in [-0.2, -0.15) is 5.10 Å². The van der Waals surface area contributed by atoms with E-state index in [4.69, 9.17) is 0 Å². The number of hydrogen-bond acceptors (Lipinski definition) is 3. The number of H-pyrrole nitrogens is 1. The molecule has 0 fully saturated rings. The van der Waals surface area contributed by atoms with Crippen molar-refractivity contribution in [1.82, 2.24) is 20.5 Å². The number of aromatic nitrogens is 3. The molecule has 0 unspecified atom stereocenters. The van der Waals surface area contributed by atoms with Gasteiger partial charge in [0.15, 0.2) is 0 Å². The van der Waals surface area contributed by atoms with Gasteiger partial charge in [0.25, 0.3) is 5.91 Å². The fraction of sp³-hybridized carbons (Fsp3) is 0.250. The Morgan fingerprint density at radius 2 is 2.24 bits per heavy atom. The minimum Gasteiger partial charge on any atom is -0.345 e. The van der Waals surface area contributed by atoms with Crippen LogP contribution in [0.4, 0.5) is 0 Å². The van der Waals surface area contributed by atoms with Gasteiger partial charge in [-0.15, -0.1) is 0 Å². The fourth-order valence-electron chi connectivity index (χ4n) is 1.56. The molecular formula is C12H14N4O. The van der Waals surface area contributed by atoms with Crippen LogP contribution in [-0.2, 0) is 6.54 Å². The van der Waals surface area contributed by atoms with Gasteiger partial charge in [0.05, 0.1) is 6.54 Å². The molecule has 5 heteroatoms. The minimum absolute atomic E-state index is 0.0948. The Hall–Kier alpha value is -2.17. The third kappa shape index (κ3) is 2.69. The lowest BCUT2D eigenvalue weighted by Gasteiger charge is -2.07. The Kier molecular flexibility index (Phi) is 3.18. The van der Waals surface area contributed by atoms with E-state index in [1.807, 2.05) is 32.0 Å². The Balaban J connectivity index is 2.07. The van der Waals surface area contributed by atoms with Gasteiger partial charge < -0.3 is 5.32 Å². The standard InChI is InChI=1S/C12H14N4O/c1-8-3-4-9(2)10(5-8)12(17)13-6-11-14-7-15-16-11/h3-5,7H,6H2,1-2H3,(H,13,17)(H,14,15,16). The second kappa shape index (κ2) is 4.78. The Morgan fingerprint density at radius 3 is 2.94 bits per heavy atom. The van der Waals surface area contributed by atoms with E-state index in [1.165, 1.54) is 6.33 Å². The summed E-state index contributed by atoms with van der Waals surface area (Å²) in [5.41, 5.74) is 2.73. The maximum absolute atomic E-state index is 11.9. The number of amides is 1. The van der Waals surface area contributed by atoms with Gasteiger partial charge in [-0.3, -0.25) is 9.89 Å². The average Bonchev–Trinajstić information content (AvgIpc) is 2.82. The molecule has 0 atom stereocenters. The van der Waals surface area contributed by atoms with Crippen molar-refractivity contribution >= 4 is 5.91 Å². The SMILES string of the molecule is Cc1ccc(C)c(C(=O)NCc2ncn[nH]2)c1. The molecule has 0 radical (unpaired) electrons. The first-order valence-corrected chi connectivity index (χ1v) is 5.36. The van der Waals surface area contributed by atoms with Gasteiger partial charge >= 0.3 is 0 Å². The van der Waals surface area contributed by atoms with Gasteiger partial charge in [-0.25, -0.2) is 4.98 Å². The van der Waals surface area contributed by atoms with E-state index in [0.29, 0.717) is 17.9 Å². The van der Waals surface area contributed by atoms with E-state index in [-0.39, 0.29) is 5.91 Å². The summed E-state index contributed by atoms with van der Waals surface area (Å²) in [6.45, 7) is 4.24. The Morgan fingerprint density at radius 1 is 1.41 bits per heavy atom. The summed E-state index contributed by atoms with van der Waals surface area (Å²) in [6.07, 6.45) is 1.42. The van der Waals surface area contributed by atoms with Crippen LogP contribution in [0.2, 0.25) is 0 Å². The van der Waals surface area contributed by atoms with Crippen LogP contribution in [0.25, 0.3) is 0 Å². The van der Waals surface area contributed by atoms with Crippen LogP contribution in [0, 0.1) is 13.8 Å². The van der Waals surface area contributed by atoms with Crippen molar-refractivity contribution in [3.05, 3.63) is 47.0 Å². The Labute approximate surface area is 99.3 Å². The van der Waals surface area contributed by atoms with Crippen LogP contribution >= 0.6 is 0 Å². The van der Waals surface area contributed by atoms with Crippen molar-refractivity contribution in [3.8, 4) is 0 Å². The molecule has 0 spiro atoms. The molecule has 1 amide bonds. The van der Waals surface area contributed by atoms with E-state index in [2.05, 4.69) is 20.5 Å². The highest BCUT2D eigenvalue weighted by molar-refractivity contribution is 5.95. The van der Waals surface area contributed by atoms with E-state index >= 15 is 0 Å². The quantitative estimate of drug-likeness (QED) is 0.836. The van der Waals surface area contributed by atoms with Gasteiger partial charge in [-0.05, 0) is 25.5 Å². The highest BCUT2D eigenvalue weighted by atomic mass is 16.1. The highest BCUT2D eigenvalue weighted by Gasteiger charge is 2.09. The maximum Gasteiger partial charge on any atom is 0.251 e. The van der Waals surface area contributed by atoms with Gasteiger partial charge in [0.1, 0.15) is 12.2 Å². The summed E-state index contributed by atoms with van der Waals surface area (Å²) in [7, 11) is 0. The molecule has 2 aromatic rings. The zero-order chi connectivity index (χ0) is 12.3. The molecule has 0 aliphatic heterocycles. The van der Waals surface area contributed by atoms with Crippen LogP contribution in [0.3, 0.4) is 0 Å². The topological polar surface area (TPSA) is 70.7 Å². The van der Waals surface area contributed by atoms with Crippen LogP contribution in [0.15, 0.2) is 24.5 Å². The predicted molar refractivity (Wildman–Crippen MR) is 63.5 cm³/mol. The number of benzene rings is 1. The predicted octanol–water partition coefficient (Wildman–Crippen LogP) is 1.35. The molecule has 0 aliphatic rings. The zero-order valence-corrected chi connectivity index (χ0v) is 9.82. The first-order chi connectivity index (χ1) is 8.16. The van der Waals surface area contributed by atoms with Crippen LogP contribution < -0.4 is 5.32 Å². The van der Waals surface area contributed by atoms with E-state index in [0.717, 1.165) is 11.1 Å². The van der Waals surface area contributed by atoms with Gasteiger partial charge in [-0.1, -0.05) is 17.7 Å². The molecular weight excluding hydrogens is 216 g/mol. The number of aryl methyl sites for hydroxylation is 2. The number of hydrogen-bond donors (Lipinski definition) is 2. The van der Waals surface area contributed by atoms with Crippen molar-refractivity contribution in [2.75, 3.05) is 0 Å². The smallest absolute Gasteiger partial charge is 0.251 e. The van der Waals surface area contributed by atoms with Crippen LogP contribution in [-0.4, -0.2) is 21.1 Å². The number of rotatable bonds is 3. The summed E-state index contributed by atoms with van der Waals surface area (Å²) in [5, 5.41) is 9.21. The zero-order valence-electron chi connectivity index (χ0n) is 9.82. The van der Waals surface area contributed by atoms with Crippen molar-refractivity contribution in [3.63, 3.8) is 0 Å². The molecule has 1 heterocycles. The van der Waals surface area contributed by atoms with Crippen molar-refractivity contribution < 1.29 is 4.79 Å². The third-order valence-electron chi connectivity index (χ3n) is 2.52. The maximum atomic E-state index is 11.9. The molecule has 5 nitrogen and oxygen atoms in total. The molecule has 0 bridgehead atoms. The number of carbonyl (C=O) groups excluding carboxylic acids is 1. The average molecular weight is 230 g/mol. The molecule has 2 N–H and O–H groups in total. The molecule has 2 rings (SSSR count). The minimum atomic E-state index is -0.0948. The molecule has 0 saturated heterocycles. The number of nitrogens with one attached hydrogen (secondary N) is 2. The Bertz CT molecular complexity index is 519. The molecule has 88 valence electrons. The third-order valence-corrected chi connectivity index (χ3v) is 2.52. The second-order valence-corrected chi connectivity index (χ2v) is 3.93. The van der Waals surface area contributed by atoms with Gasteiger partial charge in [0, 0.05) is 5.56 Å². The summed E-state index contributed by atoms with van der Waals surface area (Å²) < 4.78 is 0. The van der Waals surface area contributed by atoms with Crippen molar-refractivity contribution in [2.24, 2.45) is 0 Å². The molecule has 17 heavy (non-hydrogen) atoms. The van der Waals surface area contributed by atoms with Crippen molar-refractivity contribution in [2.45, 2.75) is 20.4 Å². The lowest BCUT2D eigenvalue weighted by atomic mass is 10.1. The largest absolute Gasteiger partial charge is 0.345 e. The van der Waals surface area contributed by atoms with E-state index in [1.54, 1.807) is 0 Å². The van der Waals surface area contributed by atoms with E-state index in [9.17, 15) is 4.79 Å². The summed E-state index contributed by atoms with van der Waals surface area (Å²) in [6, 6.07) is 5.81. The highest BCUT2D eigenvalue weighted by Crippen LogP contribution is 2.10. The molecule has 1 aromatic heterocycles. The van der Waals surface area contributed by atoms with Crippen molar-refractivity contribution in [1.29, 1.82) is 0 Å². The molecule has 0 aliphatic carbocycles. The first-order valence-electron chi connectivity index (χ1n) is 5.36. The number of aromatic amines is 1. The van der Waals surface area contributed by atoms with E-state index < -0.39 is 0 Å². The summed E-state index contributed by atoms with van der Waals surface area (Å²) >= 11 is 0. The summed E-state index contributed by atoms with van der Waals surface area (Å²) in [4.78, 5) is 15.9. The molecule has 0 saturated carbocycles. The molecule has 1 aromatic carbocycles. The lowest BCUT2D eigenvalue weighted by Crippen LogP contribution is -2.24. The van der Waals surface area contributed by atoms with Crippen LogP contribution in [0.1, 0.15) is 27.3 Å². The van der Waals surface area contributed by atoms with Crippen LogP contribution in [0.5, 0.6) is 0 Å². The first kappa shape index (κ1) is 11.3. The monoisotopic (exact) mass is 230 g/mol.